The Morgan fingerprint density at radius 2 is 1.65 bits per heavy atom. The highest BCUT2D eigenvalue weighted by Crippen LogP contribution is 2.11. The smallest absolute Gasteiger partial charge is 0.254 e. The number of carbonyl (C=O) groups is 1. The molecule has 0 saturated heterocycles. The molecule has 0 radical (unpaired) electrons. The number of halogens is 2. The zero-order valence-electron chi connectivity index (χ0n) is 14.4. The maximum Gasteiger partial charge on any atom is 0.254 e. The molecule has 26 heavy (non-hydrogen) atoms. The van der Waals surface area contributed by atoms with Gasteiger partial charge < -0.3 is 5.32 Å². The Labute approximate surface area is 151 Å². The topological polar surface area (TPSA) is 75.3 Å². The molecular formula is C18H20F2N2O3S. The summed E-state index contributed by atoms with van der Waals surface area (Å²) in [5.74, 6) is -2.48. The minimum atomic E-state index is -3.41. The molecule has 0 unspecified atom stereocenters. The quantitative estimate of drug-likeness (QED) is 0.773. The summed E-state index contributed by atoms with van der Waals surface area (Å²) in [5, 5.41) is 2.54. The van der Waals surface area contributed by atoms with Gasteiger partial charge >= 0.3 is 0 Å². The molecular weight excluding hydrogens is 362 g/mol. The zero-order chi connectivity index (χ0) is 19.3. The fraction of sp³-hybridized carbons (Fsp3) is 0.278. The van der Waals surface area contributed by atoms with E-state index in [1.165, 1.54) is 0 Å². The first-order valence-corrected chi connectivity index (χ1v) is 9.62. The van der Waals surface area contributed by atoms with Crippen molar-refractivity contribution in [1.82, 2.24) is 10.0 Å². The maximum atomic E-state index is 13.6. The van der Waals surface area contributed by atoms with Gasteiger partial charge in [0.15, 0.2) is 0 Å². The number of hydrogen-bond donors (Lipinski definition) is 2. The average Bonchev–Trinajstić information content (AvgIpc) is 2.52. The molecule has 0 aromatic heterocycles. The van der Waals surface area contributed by atoms with Crippen LogP contribution in [0.2, 0.25) is 0 Å². The molecule has 0 fully saturated rings. The minimum Gasteiger partial charge on any atom is -0.348 e. The van der Waals surface area contributed by atoms with Crippen LogP contribution in [0, 0.1) is 11.6 Å². The van der Waals surface area contributed by atoms with Crippen molar-refractivity contribution >= 4 is 15.9 Å². The molecule has 0 spiro atoms. The molecule has 2 rings (SSSR count). The molecule has 2 aromatic rings. The Hall–Kier alpha value is -2.32. The van der Waals surface area contributed by atoms with Gasteiger partial charge in [-0.05, 0) is 37.1 Å². The Morgan fingerprint density at radius 1 is 1.04 bits per heavy atom. The molecule has 140 valence electrons. The summed E-state index contributed by atoms with van der Waals surface area (Å²) >= 11 is 0. The van der Waals surface area contributed by atoms with Crippen molar-refractivity contribution in [2.45, 2.75) is 32.2 Å². The number of amides is 1. The normalized spacial score (nSPS) is 11.6. The van der Waals surface area contributed by atoms with Crippen LogP contribution in [0.4, 0.5) is 8.78 Å². The molecule has 2 aromatic carbocycles. The van der Waals surface area contributed by atoms with Crippen LogP contribution in [-0.2, 0) is 22.3 Å². The van der Waals surface area contributed by atoms with Gasteiger partial charge in [0.05, 0.1) is 11.3 Å². The van der Waals surface area contributed by atoms with Gasteiger partial charge in [0.25, 0.3) is 5.91 Å². The molecule has 0 atom stereocenters. The van der Waals surface area contributed by atoms with Crippen molar-refractivity contribution in [1.29, 1.82) is 0 Å². The highest BCUT2D eigenvalue weighted by Gasteiger charge is 2.14. The predicted molar refractivity (Wildman–Crippen MR) is 94.9 cm³/mol. The molecule has 0 heterocycles. The lowest BCUT2D eigenvalue weighted by Gasteiger charge is -2.10. The van der Waals surface area contributed by atoms with Crippen molar-refractivity contribution < 1.29 is 22.0 Å². The van der Waals surface area contributed by atoms with Crippen molar-refractivity contribution in [3.05, 3.63) is 70.8 Å². The summed E-state index contributed by atoms with van der Waals surface area (Å²) in [5.41, 5.74) is 1.09. The second-order valence-corrected chi connectivity index (χ2v) is 7.91. The molecule has 8 heteroatoms. The first-order chi connectivity index (χ1) is 12.2. The van der Waals surface area contributed by atoms with Crippen LogP contribution in [0.5, 0.6) is 0 Å². The van der Waals surface area contributed by atoms with Crippen LogP contribution >= 0.6 is 0 Å². The van der Waals surface area contributed by atoms with E-state index in [1.54, 1.807) is 38.1 Å². The lowest BCUT2D eigenvalue weighted by molar-refractivity contribution is 0.0946. The lowest BCUT2D eigenvalue weighted by atomic mass is 10.1. The van der Waals surface area contributed by atoms with Gasteiger partial charge in [-0.3, -0.25) is 4.79 Å². The zero-order valence-corrected chi connectivity index (χ0v) is 15.2. The van der Waals surface area contributed by atoms with E-state index in [2.05, 4.69) is 10.0 Å². The molecule has 5 nitrogen and oxygen atoms in total. The molecule has 0 aliphatic carbocycles. The summed E-state index contributed by atoms with van der Waals surface area (Å²) in [6.45, 7) is 3.62. The van der Waals surface area contributed by atoms with Gasteiger partial charge in [0.2, 0.25) is 10.0 Å². The summed E-state index contributed by atoms with van der Waals surface area (Å²) in [6, 6.07) is 9.23. The van der Waals surface area contributed by atoms with Crippen molar-refractivity contribution in [2.75, 3.05) is 0 Å². The number of sulfonamides is 1. The van der Waals surface area contributed by atoms with E-state index in [1.807, 2.05) is 0 Å². The molecule has 0 saturated carbocycles. The van der Waals surface area contributed by atoms with Crippen LogP contribution in [0.3, 0.4) is 0 Å². The van der Waals surface area contributed by atoms with Gasteiger partial charge in [0.1, 0.15) is 11.6 Å². The standard InChI is InChI=1S/C18H20F2N2O3S/c1-12(2)22-26(24,25)11-14-5-3-13(4-6-14)10-21-18(23)16-8-7-15(19)9-17(16)20/h3-9,12,22H,10-11H2,1-2H3,(H,21,23). The third kappa shape index (κ3) is 5.89. The molecule has 2 N–H and O–H groups in total. The van der Waals surface area contributed by atoms with Crippen LogP contribution in [0.1, 0.15) is 35.3 Å². The van der Waals surface area contributed by atoms with Gasteiger partial charge in [-0.2, -0.15) is 0 Å². The monoisotopic (exact) mass is 382 g/mol. The molecule has 0 aliphatic rings. The van der Waals surface area contributed by atoms with Gasteiger partial charge in [-0.25, -0.2) is 21.9 Å². The first-order valence-electron chi connectivity index (χ1n) is 7.97. The van der Waals surface area contributed by atoms with E-state index in [4.69, 9.17) is 0 Å². The molecule has 1 amide bonds. The maximum absolute atomic E-state index is 13.6. The molecule has 0 aliphatic heterocycles. The number of benzene rings is 2. The highest BCUT2D eigenvalue weighted by atomic mass is 32.2. The Kier molecular flexibility index (Phi) is 6.44. The van der Waals surface area contributed by atoms with Gasteiger partial charge in [-0.1, -0.05) is 24.3 Å². The van der Waals surface area contributed by atoms with Crippen LogP contribution in [0.15, 0.2) is 42.5 Å². The van der Waals surface area contributed by atoms with E-state index in [9.17, 15) is 22.0 Å². The second-order valence-electron chi connectivity index (χ2n) is 6.15. The number of hydrogen-bond acceptors (Lipinski definition) is 3. The fourth-order valence-electron chi connectivity index (χ4n) is 2.32. The van der Waals surface area contributed by atoms with Crippen molar-refractivity contribution in [2.24, 2.45) is 0 Å². The van der Waals surface area contributed by atoms with E-state index < -0.39 is 27.6 Å². The lowest BCUT2D eigenvalue weighted by Crippen LogP contribution is -2.31. The predicted octanol–water partition coefficient (Wildman–Crippen LogP) is 2.72. The first kappa shape index (κ1) is 20.0. The van der Waals surface area contributed by atoms with E-state index >= 15 is 0 Å². The minimum absolute atomic E-state index is 0.132. The van der Waals surface area contributed by atoms with Crippen LogP contribution in [0.25, 0.3) is 0 Å². The van der Waals surface area contributed by atoms with Crippen LogP contribution < -0.4 is 10.0 Å². The van der Waals surface area contributed by atoms with Gasteiger partial charge in [0, 0.05) is 18.7 Å². The van der Waals surface area contributed by atoms with E-state index in [-0.39, 0.29) is 23.9 Å². The summed E-state index contributed by atoms with van der Waals surface area (Å²) < 4.78 is 52.7. The summed E-state index contributed by atoms with van der Waals surface area (Å²) in [7, 11) is -3.41. The number of rotatable bonds is 7. The Bertz CT molecular complexity index is 882. The third-order valence-electron chi connectivity index (χ3n) is 3.42. The van der Waals surface area contributed by atoms with Crippen molar-refractivity contribution in [3.8, 4) is 0 Å². The average molecular weight is 382 g/mol. The van der Waals surface area contributed by atoms with Crippen molar-refractivity contribution in [3.63, 3.8) is 0 Å². The third-order valence-corrected chi connectivity index (χ3v) is 4.97. The number of nitrogens with one attached hydrogen (secondary N) is 2. The second kappa shape index (κ2) is 8.37. The highest BCUT2D eigenvalue weighted by molar-refractivity contribution is 7.88. The Balaban J connectivity index is 1.96. The van der Waals surface area contributed by atoms with Gasteiger partial charge in [-0.15, -0.1) is 0 Å². The van der Waals surface area contributed by atoms with Crippen LogP contribution in [-0.4, -0.2) is 20.4 Å². The molecule has 0 bridgehead atoms. The summed E-state index contributed by atoms with van der Waals surface area (Å²) in [6.07, 6.45) is 0. The fourth-order valence-corrected chi connectivity index (χ4v) is 3.76. The summed E-state index contributed by atoms with van der Waals surface area (Å²) in [4.78, 5) is 11.9. The van der Waals surface area contributed by atoms with E-state index in [0.717, 1.165) is 17.7 Å². The SMILES string of the molecule is CC(C)NS(=O)(=O)Cc1ccc(CNC(=O)c2ccc(F)cc2F)cc1. The largest absolute Gasteiger partial charge is 0.348 e. The Morgan fingerprint density at radius 3 is 2.23 bits per heavy atom. The number of carbonyl (C=O) groups excluding carboxylic acids is 1. The van der Waals surface area contributed by atoms with E-state index in [0.29, 0.717) is 11.6 Å².